The van der Waals surface area contributed by atoms with Gasteiger partial charge in [-0.1, -0.05) is 51.2 Å². The summed E-state index contributed by atoms with van der Waals surface area (Å²) in [6.45, 7) is 1.87. The lowest BCUT2D eigenvalue weighted by atomic mass is 10.2. The number of thioether (sulfide) groups is 1. The number of carbonyl (C=O) groups is 1. The van der Waals surface area contributed by atoms with E-state index in [0.29, 0.717) is 10.9 Å². The quantitative estimate of drug-likeness (QED) is 0.511. The predicted molar refractivity (Wildman–Crippen MR) is 111 cm³/mol. The summed E-state index contributed by atoms with van der Waals surface area (Å²) in [5.41, 5.74) is 2.58. The van der Waals surface area contributed by atoms with Gasteiger partial charge in [0.2, 0.25) is 5.91 Å². The first-order valence-corrected chi connectivity index (χ1v) is 11.0. The molecule has 0 aliphatic carbocycles. The molecule has 9 heteroatoms. The number of benzene rings is 1. The zero-order chi connectivity index (χ0) is 18.5. The second-order valence-electron chi connectivity index (χ2n) is 5.22. The predicted octanol–water partition coefficient (Wildman–Crippen LogP) is 5.13. The molecule has 2 heterocycles. The molecular formula is C17H13BrN4OS3. The van der Waals surface area contributed by atoms with Crippen LogP contribution in [0.15, 0.2) is 38.3 Å². The zero-order valence-corrected chi connectivity index (χ0v) is 17.7. The van der Waals surface area contributed by atoms with Gasteiger partial charge in [-0.15, -0.1) is 11.3 Å². The fraction of sp³-hybridized carbons (Fsp3) is 0.176. The number of aryl methyl sites for hydroxylation is 1. The molecule has 0 bridgehead atoms. The van der Waals surface area contributed by atoms with Gasteiger partial charge in [0, 0.05) is 15.4 Å². The number of halogens is 1. The molecule has 3 aromatic rings. The van der Waals surface area contributed by atoms with Crippen LogP contribution in [0.2, 0.25) is 0 Å². The van der Waals surface area contributed by atoms with Gasteiger partial charge >= 0.3 is 0 Å². The number of carbonyl (C=O) groups excluding carboxylic acids is 1. The average molecular weight is 465 g/mol. The number of nitrogens with one attached hydrogen (secondary N) is 1. The maximum atomic E-state index is 12.3. The number of thiazole rings is 2. The molecular weight excluding hydrogens is 452 g/mol. The minimum atomic E-state index is -0.151. The maximum Gasteiger partial charge on any atom is 0.232 e. The van der Waals surface area contributed by atoms with Crippen LogP contribution in [0.1, 0.15) is 11.4 Å². The Balaban J connectivity index is 1.63. The van der Waals surface area contributed by atoms with Gasteiger partial charge in [0.1, 0.15) is 5.01 Å². The molecule has 1 aromatic carbocycles. The normalized spacial score (nSPS) is 10.5. The highest BCUT2D eigenvalue weighted by Crippen LogP contribution is 2.32. The minimum Gasteiger partial charge on any atom is -0.302 e. The number of hydrogen-bond donors (Lipinski definition) is 1. The summed E-state index contributed by atoms with van der Waals surface area (Å²) < 4.78 is 1.95. The molecule has 3 rings (SSSR count). The third kappa shape index (κ3) is 4.92. The van der Waals surface area contributed by atoms with Crippen molar-refractivity contribution in [1.82, 2.24) is 9.97 Å². The number of amides is 1. The molecule has 0 unspecified atom stereocenters. The summed E-state index contributed by atoms with van der Waals surface area (Å²) in [7, 11) is 0. The second kappa shape index (κ2) is 8.77. The minimum absolute atomic E-state index is 0.151. The van der Waals surface area contributed by atoms with Crippen molar-refractivity contribution in [2.45, 2.75) is 17.6 Å². The van der Waals surface area contributed by atoms with E-state index in [4.69, 9.17) is 5.26 Å². The molecule has 0 saturated carbocycles. The highest BCUT2D eigenvalue weighted by Gasteiger charge is 2.13. The van der Waals surface area contributed by atoms with Gasteiger partial charge in [0.25, 0.3) is 0 Å². The van der Waals surface area contributed by atoms with Crippen LogP contribution in [0.5, 0.6) is 0 Å². The Bertz CT molecular complexity index is 977. The summed E-state index contributed by atoms with van der Waals surface area (Å²) in [5, 5.41) is 14.8. The molecule has 0 saturated heterocycles. The van der Waals surface area contributed by atoms with Crippen LogP contribution in [0.3, 0.4) is 0 Å². The smallest absolute Gasteiger partial charge is 0.232 e. The van der Waals surface area contributed by atoms with E-state index in [1.165, 1.54) is 34.4 Å². The molecule has 5 nitrogen and oxygen atoms in total. The summed E-state index contributed by atoms with van der Waals surface area (Å²) in [6.07, 6.45) is 0.198. The van der Waals surface area contributed by atoms with Gasteiger partial charge in [-0.3, -0.25) is 4.79 Å². The molecule has 0 fully saturated rings. The Morgan fingerprint density at radius 2 is 2.27 bits per heavy atom. The number of nitriles is 1. The van der Waals surface area contributed by atoms with Crippen molar-refractivity contribution in [2.75, 3.05) is 11.1 Å². The van der Waals surface area contributed by atoms with Gasteiger partial charge in [0.15, 0.2) is 5.13 Å². The first-order valence-electron chi connectivity index (χ1n) is 7.52. The summed E-state index contributed by atoms with van der Waals surface area (Å²) in [5.74, 6) is 0.217. The van der Waals surface area contributed by atoms with Crippen LogP contribution < -0.4 is 5.32 Å². The number of aromatic nitrogens is 2. The maximum absolute atomic E-state index is 12.3. The number of hydrogen-bond acceptors (Lipinski definition) is 7. The molecule has 0 atom stereocenters. The second-order valence-corrected chi connectivity index (χ2v) is 9.23. The van der Waals surface area contributed by atoms with Gasteiger partial charge in [-0.2, -0.15) is 5.26 Å². The Morgan fingerprint density at radius 1 is 1.42 bits per heavy atom. The molecule has 132 valence electrons. The molecule has 26 heavy (non-hydrogen) atoms. The first-order chi connectivity index (χ1) is 12.5. The summed E-state index contributed by atoms with van der Waals surface area (Å²) in [4.78, 5) is 21.2. The number of rotatable bonds is 6. The Kier molecular flexibility index (Phi) is 6.43. The molecule has 2 aromatic heterocycles. The van der Waals surface area contributed by atoms with Gasteiger partial charge < -0.3 is 5.32 Å². The van der Waals surface area contributed by atoms with Crippen LogP contribution >= 0.6 is 50.4 Å². The van der Waals surface area contributed by atoms with Gasteiger partial charge in [-0.05, 0) is 19.1 Å². The van der Waals surface area contributed by atoms with E-state index in [1.807, 2.05) is 36.6 Å². The van der Waals surface area contributed by atoms with Crippen LogP contribution in [0, 0.1) is 18.3 Å². The molecule has 0 radical (unpaired) electrons. The van der Waals surface area contributed by atoms with E-state index < -0.39 is 0 Å². The van der Waals surface area contributed by atoms with E-state index >= 15 is 0 Å². The molecule has 0 aliphatic heterocycles. The molecule has 1 amide bonds. The average Bonchev–Trinajstić information content (AvgIpc) is 3.19. The fourth-order valence-corrected chi connectivity index (χ4v) is 5.17. The highest BCUT2D eigenvalue weighted by molar-refractivity contribution is 9.10. The first kappa shape index (κ1) is 19.0. The van der Waals surface area contributed by atoms with Crippen LogP contribution in [-0.2, 0) is 11.2 Å². The van der Waals surface area contributed by atoms with Crippen molar-refractivity contribution in [1.29, 1.82) is 5.26 Å². The van der Waals surface area contributed by atoms with Crippen molar-refractivity contribution < 1.29 is 4.79 Å². The summed E-state index contributed by atoms with van der Waals surface area (Å²) >= 11 is 7.79. The van der Waals surface area contributed by atoms with E-state index in [1.54, 1.807) is 0 Å². The largest absolute Gasteiger partial charge is 0.302 e. The van der Waals surface area contributed by atoms with Crippen molar-refractivity contribution in [2.24, 2.45) is 0 Å². The van der Waals surface area contributed by atoms with Crippen LogP contribution in [-0.4, -0.2) is 21.6 Å². The van der Waals surface area contributed by atoms with Crippen molar-refractivity contribution in [3.63, 3.8) is 0 Å². The standard InChI is InChI=1S/C17H13BrN4OS3/c1-10-16(24-6-5-19)26-17(20-10)22-14(23)8-13-9-25-15(21-13)11-3-2-4-12(18)7-11/h2-4,7,9H,6,8H2,1H3,(H,20,22,23). The zero-order valence-electron chi connectivity index (χ0n) is 13.7. The monoisotopic (exact) mass is 464 g/mol. The van der Waals surface area contributed by atoms with E-state index in [2.05, 4.69) is 37.3 Å². The SMILES string of the molecule is Cc1nc(NC(=O)Cc2csc(-c3cccc(Br)c3)n2)sc1SCC#N. The van der Waals surface area contributed by atoms with E-state index in [-0.39, 0.29) is 12.3 Å². The van der Waals surface area contributed by atoms with Gasteiger partial charge in [0.05, 0.1) is 33.8 Å². The number of nitrogens with zero attached hydrogens (tertiary/aromatic N) is 3. The lowest BCUT2D eigenvalue weighted by Gasteiger charge is -1.99. The molecule has 1 N–H and O–H groups in total. The van der Waals surface area contributed by atoms with Gasteiger partial charge in [-0.25, -0.2) is 9.97 Å². The van der Waals surface area contributed by atoms with Crippen molar-refractivity contribution in [3.05, 3.63) is 45.5 Å². The van der Waals surface area contributed by atoms with E-state index in [9.17, 15) is 4.79 Å². The molecule has 0 spiro atoms. The van der Waals surface area contributed by atoms with Crippen molar-refractivity contribution in [3.8, 4) is 16.6 Å². The highest BCUT2D eigenvalue weighted by atomic mass is 79.9. The van der Waals surface area contributed by atoms with Crippen LogP contribution in [0.4, 0.5) is 5.13 Å². The summed E-state index contributed by atoms with van der Waals surface area (Å²) in [6, 6.07) is 10.0. The molecule has 0 aliphatic rings. The third-order valence-electron chi connectivity index (χ3n) is 3.23. The van der Waals surface area contributed by atoms with Crippen LogP contribution in [0.25, 0.3) is 10.6 Å². The van der Waals surface area contributed by atoms with Crippen molar-refractivity contribution >= 4 is 61.4 Å². The Morgan fingerprint density at radius 3 is 3.04 bits per heavy atom. The fourth-order valence-electron chi connectivity index (χ4n) is 2.14. The topological polar surface area (TPSA) is 78.7 Å². The lowest BCUT2D eigenvalue weighted by molar-refractivity contribution is -0.115. The van der Waals surface area contributed by atoms with E-state index in [0.717, 1.165) is 30.6 Å². The Hall–Kier alpha value is -1.73. The lowest BCUT2D eigenvalue weighted by Crippen LogP contribution is -2.14. The number of anilines is 1. The Labute approximate surface area is 171 Å². The third-order valence-corrected chi connectivity index (χ3v) is 6.97.